The number of hydrogen-bond acceptors (Lipinski definition) is 4. The van der Waals surface area contributed by atoms with Crippen molar-refractivity contribution in [3.8, 4) is 0 Å². The molecule has 0 saturated carbocycles. The van der Waals surface area contributed by atoms with E-state index < -0.39 is 11.9 Å². The van der Waals surface area contributed by atoms with Crippen molar-refractivity contribution in [1.29, 1.82) is 0 Å². The second-order valence-corrected chi connectivity index (χ2v) is 11.6. The Hall–Kier alpha value is -0.261. The summed E-state index contributed by atoms with van der Waals surface area (Å²) in [6.07, 6.45) is 6.04. The summed E-state index contributed by atoms with van der Waals surface area (Å²) in [5.74, 6) is -1.86. The molecule has 0 aliphatic rings. The van der Waals surface area contributed by atoms with Crippen LogP contribution in [0.25, 0.3) is 0 Å². The van der Waals surface area contributed by atoms with E-state index in [9.17, 15) is 19.8 Å². The van der Waals surface area contributed by atoms with Gasteiger partial charge in [0.2, 0.25) is 0 Å². The fraction of sp³-hybridized carbons (Fsp3) is 0.900. The summed E-state index contributed by atoms with van der Waals surface area (Å²) in [7, 11) is 0. The molecule has 148 valence electrons. The van der Waals surface area contributed by atoms with Crippen LogP contribution in [0.4, 0.5) is 0 Å². The third-order valence-corrected chi connectivity index (χ3v) is 3.12. The molecule has 0 aromatic carbocycles. The zero-order valence-electron chi connectivity index (χ0n) is 17.8. The van der Waals surface area contributed by atoms with E-state index in [4.69, 9.17) is 0 Å². The van der Waals surface area contributed by atoms with E-state index in [-0.39, 0.29) is 34.0 Å². The van der Waals surface area contributed by atoms with E-state index in [2.05, 4.69) is 51.4 Å². The zero-order valence-corrected chi connectivity index (χ0v) is 20.6. The van der Waals surface area contributed by atoms with E-state index in [1.165, 1.54) is 0 Å². The predicted molar refractivity (Wildman–Crippen MR) is 103 cm³/mol. The summed E-state index contributed by atoms with van der Waals surface area (Å²) in [4.78, 5) is 24.6. The van der Waals surface area contributed by atoms with Gasteiger partial charge in [0, 0.05) is 11.9 Å². The Kier molecular flexibility index (Phi) is 20.3. The first kappa shape index (κ1) is 29.5. The van der Waals surface area contributed by atoms with Crippen LogP contribution in [0.1, 0.15) is 92.9 Å². The molecule has 5 heteroatoms. The van der Waals surface area contributed by atoms with Crippen LogP contribution in [-0.2, 0) is 9.59 Å². The summed E-state index contributed by atoms with van der Waals surface area (Å²) in [5.41, 5.74) is 0.651. The summed E-state index contributed by atoms with van der Waals surface area (Å²) < 4.78 is 0. The molecule has 0 heterocycles. The van der Waals surface area contributed by atoms with E-state index >= 15 is 0 Å². The van der Waals surface area contributed by atoms with Crippen molar-refractivity contribution in [3.05, 3.63) is 0 Å². The molecule has 4 nitrogen and oxygen atoms in total. The fourth-order valence-electron chi connectivity index (χ4n) is 1.85. The molecule has 0 spiro atoms. The van der Waals surface area contributed by atoms with Gasteiger partial charge in [-0.05, 0) is 49.4 Å². The molecule has 0 aliphatic carbocycles. The number of carbonyl (C=O) groups excluding carboxylic acids is 2. The molecule has 0 aromatic rings. The summed E-state index contributed by atoms with van der Waals surface area (Å²) >= 11 is 0.230. The Balaban J connectivity index is -0.000000334. The van der Waals surface area contributed by atoms with Gasteiger partial charge in [0.15, 0.2) is 0 Å². The molecule has 0 aromatic heterocycles. The Labute approximate surface area is 166 Å². The van der Waals surface area contributed by atoms with Crippen molar-refractivity contribution in [2.24, 2.45) is 10.8 Å². The Morgan fingerprint density at radius 2 is 0.920 bits per heavy atom. The molecule has 0 unspecified atom stereocenters. The molecule has 0 amide bonds. The molecule has 0 radical (unpaired) electrons. The minimum atomic E-state index is -0.932. The number of carbonyl (C=O) groups is 2. The maximum absolute atomic E-state index is 10.0. The van der Waals surface area contributed by atoms with Gasteiger partial charge in [-0.15, -0.1) is 0 Å². The molecule has 0 aliphatic heterocycles. The first-order valence-electron chi connectivity index (χ1n) is 9.23. The van der Waals surface area contributed by atoms with Crippen molar-refractivity contribution < 1.29 is 19.8 Å². The molecular formula is C20H40O4Sn. The minimum absolute atomic E-state index is 0.204. The average molecular weight is 463 g/mol. The molecular weight excluding hydrogens is 423 g/mol. The molecule has 0 N–H and O–H groups in total. The van der Waals surface area contributed by atoms with Crippen molar-refractivity contribution in [3.63, 3.8) is 0 Å². The molecule has 0 atom stereocenters. The molecule has 0 rings (SSSR count). The van der Waals surface area contributed by atoms with Crippen molar-refractivity contribution in [1.82, 2.24) is 0 Å². The van der Waals surface area contributed by atoms with Gasteiger partial charge < -0.3 is 19.8 Å². The van der Waals surface area contributed by atoms with E-state index in [1.54, 1.807) is 0 Å². The van der Waals surface area contributed by atoms with Gasteiger partial charge in [-0.2, -0.15) is 0 Å². The standard InChI is InChI=1S/2C9H18O2.2CH3.Sn/c2*1-9(2,3)7-5-4-6-8(10)11;;;/h2*4-7H2,1-3H3,(H,10,11);2*1H3;/q;;;;+2/p-2. The van der Waals surface area contributed by atoms with Crippen LogP contribution in [0.3, 0.4) is 0 Å². The molecule has 0 bridgehead atoms. The number of hydrogen-bond donors (Lipinski definition) is 0. The van der Waals surface area contributed by atoms with Gasteiger partial charge in [0.25, 0.3) is 0 Å². The van der Waals surface area contributed by atoms with Crippen LogP contribution in [0.2, 0.25) is 9.88 Å². The normalized spacial score (nSPS) is 10.6. The third kappa shape index (κ3) is 45.3. The molecule has 25 heavy (non-hydrogen) atoms. The maximum atomic E-state index is 10.0. The van der Waals surface area contributed by atoms with E-state index in [0.29, 0.717) is 10.8 Å². The van der Waals surface area contributed by atoms with E-state index in [1.807, 2.05) is 0 Å². The summed E-state index contributed by atoms with van der Waals surface area (Å²) in [6, 6.07) is 0. The molecule has 0 fully saturated rings. The quantitative estimate of drug-likeness (QED) is 0.408. The van der Waals surface area contributed by atoms with Crippen molar-refractivity contribution >= 4 is 33.1 Å². The number of rotatable bonds is 8. The Morgan fingerprint density at radius 3 is 1.08 bits per heavy atom. The van der Waals surface area contributed by atoms with Gasteiger partial charge in [0.05, 0.1) is 0 Å². The fourth-order valence-corrected chi connectivity index (χ4v) is 1.85. The zero-order chi connectivity index (χ0) is 20.5. The van der Waals surface area contributed by atoms with Crippen LogP contribution in [0.15, 0.2) is 0 Å². The summed E-state index contributed by atoms with van der Waals surface area (Å²) in [5, 5.41) is 20.0. The average Bonchev–Trinajstić information content (AvgIpc) is 2.39. The van der Waals surface area contributed by atoms with Crippen LogP contribution in [-0.4, -0.2) is 33.1 Å². The number of carboxylic acid groups (broad SMARTS) is 2. The van der Waals surface area contributed by atoms with Gasteiger partial charge in [-0.3, -0.25) is 0 Å². The topological polar surface area (TPSA) is 80.3 Å². The van der Waals surface area contributed by atoms with E-state index in [0.717, 1.165) is 38.5 Å². The second kappa shape index (κ2) is 17.2. The number of aliphatic carboxylic acids is 2. The predicted octanol–water partition coefficient (Wildman–Crippen LogP) is 3.47. The monoisotopic (exact) mass is 464 g/mol. The Bertz CT molecular complexity index is 296. The van der Waals surface area contributed by atoms with Crippen molar-refractivity contribution in [2.45, 2.75) is 103 Å². The van der Waals surface area contributed by atoms with Gasteiger partial charge >= 0.3 is 31.0 Å². The second-order valence-electron chi connectivity index (χ2n) is 8.78. The van der Waals surface area contributed by atoms with Crippen molar-refractivity contribution in [2.75, 3.05) is 0 Å². The first-order chi connectivity index (χ1) is 11.2. The van der Waals surface area contributed by atoms with Gasteiger partial charge in [-0.1, -0.05) is 54.4 Å². The first-order valence-corrected chi connectivity index (χ1v) is 14.9. The third-order valence-electron chi connectivity index (χ3n) is 3.12. The van der Waals surface area contributed by atoms with Crippen LogP contribution in [0.5, 0.6) is 0 Å². The van der Waals surface area contributed by atoms with Crippen LogP contribution < -0.4 is 10.2 Å². The van der Waals surface area contributed by atoms with Crippen LogP contribution in [0, 0.1) is 10.8 Å². The summed E-state index contributed by atoms with van der Waals surface area (Å²) in [6.45, 7) is 13.0. The molecule has 0 saturated heterocycles. The van der Waals surface area contributed by atoms with Gasteiger partial charge in [-0.25, -0.2) is 0 Å². The van der Waals surface area contributed by atoms with Crippen LogP contribution >= 0.6 is 0 Å². The number of carboxylic acids is 2. The number of unbranched alkanes of at least 4 members (excludes halogenated alkanes) is 2. The van der Waals surface area contributed by atoms with Gasteiger partial charge in [0.1, 0.15) is 0 Å². The SMILES string of the molecule is CC(C)(C)CCCCC(=O)[O-].CC(C)(C)CCCCC(=O)[O-].[CH3][Sn+2][CH3]. The Morgan fingerprint density at radius 1 is 0.680 bits per heavy atom.